The number of amides is 1. The van der Waals surface area contributed by atoms with Gasteiger partial charge in [0, 0.05) is 25.5 Å². The van der Waals surface area contributed by atoms with Crippen LogP contribution in [0.3, 0.4) is 0 Å². The van der Waals surface area contributed by atoms with Crippen LogP contribution in [0.2, 0.25) is 0 Å². The Bertz CT molecular complexity index is 938. The van der Waals surface area contributed by atoms with E-state index in [9.17, 15) is 4.79 Å². The van der Waals surface area contributed by atoms with Crippen molar-refractivity contribution < 1.29 is 23.5 Å². The smallest absolute Gasteiger partial charge is 0.227 e. The molecule has 2 aromatic carbocycles. The lowest BCUT2D eigenvalue weighted by Gasteiger charge is -2.17. The number of hydrogen-bond donors (Lipinski definition) is 0. The van der Waals surface area contributed by atoms with Crippen LogP contribution in [0.25, 0.3) is 11.4 Å². The Morgan fingerprint density at radius 3 is 2.20 bits per heavy atom. The highest BCUT2D eigenvalue weighted by atomic mass is 16.5. The Kier molecular flexibility index (Phi) is 7.26. The van der Waals surface area contributed by atoms with Gasteiger partial charge in [-0.3, -0.25) is 4.79 Å². The first-order valence-electron chi connectivity index (χ1n) is 9.57. The third-order valence-electron chi connectivity index (χ3n) is 4.55. The van der Waals surface area contributed by atoms with Crippen molar-refractivity contribution in [3.8, 4) is 28.6 Å². The van der Waals surface area contributed by atoms with Gasteiger partial charge in [-0.2, -0.15) is 4.98 Å². The minimum Gasteiger partial charge on any atom is -0.497 e. The molecule has 8 heteroatoms. The molecular formula is C22H25N3O5. The Labute approximate surface area is 175 Å². The molecule has 0 radical (unpaired) electrons. The molecule has 1 heterocycles. The lowest BCUT2D eigenvalue weighted by molar-refractivity contribution is -0.130. The standard InChI is InChI=1S/C22H25N3O5/c1-25(14-15-29-19-10-8-18(28-3)9-11-19)21(26)13-12-20-23-22(24-30-20)16-4-6-17(27-2)7-5-16/h4-11H,12-15H2,1-3H3. The fourth-order valence-corrected chi connectivity index (χ4v) is 2.72. The van der Waals surface area contributed by atoms with Crippen LogP contribution in [0, 0.1) is 0 Å². The van der Waals surface area contributed by atoms with E-state index in [1.54, 1.807) is 26.2 Å². The zero-order valence-corrected chi connectivity index (χ0v) is 17.3. The Morgan fingerprint density at radius 1 is 0.967 bits per heavy atom. The number of aromatic nitrogens is 2. The molecule has 30 heavy (non-hydrogen) atoms. The first-order valence-corrected chi connectivity index (χ1v) is 9.57. The second-order valence-electron chi connectivity index (χ2n) is 6.58. The Hall–Kier alpha value is -3.55. The predicted octanol–water partition coefficient (Wildman–Crippen LogP) is 3.22. The average molecular weight is 411 g/mol. The lowest BCUT2D eigenvalue weighted by Crippen LogP contribution is -2.31. The van der Waals surface area contributed by atoms with E-state index in [0.29, 0.717) is 31.3 Å². The first-order chi connectivity index (χ1) is 14.6. The number of carbonyl (C=O) groups excluding carboxylic acids is 1. The number of aryl methyl sites for hydroxylation is 1. The van der Waals surface area contributed by atoms with Crippen LogP contribution in [-0.2, 0) is 11.2 Å². The van der Waals surface area contributed by atoms with E-state index in [1.807, 2.05) is 48.5 Å². The van der Waals surface area contributed by atoms with Crippen molar-refractivity contribution in [3.05, 3.63) is 54.4 Å². The number of carbonyl (C=O) groups is 1. The second-order valence-corrected chi connectivity index (χ2v) is 6.58. The minimum absolute atomic E-state index is 0.0162. The molecule has 0 aliphatic carbocycles. The van der Waals surface area contributed by atoms with Crippen LogP contribution >= 0.6 is 0 Å². The minimum atomic E-state index is -0.0162. The fourth-order valence-electron chi connectivity index (χ4n) is 2.72. The molecule has 0 spiro atoms. The van der Waals surface area contributed by atoms with Gasteiger partial charge in [0.2, 0.25) is 17.6 Å². The second kappa shape index (κ2) is 10.3. The molecule has 0 fully saturated rings. The van der Waals surface area contributed by atoms with Gasteiger partial charge in [-0.05, 0) is 48.5 Å². The van der Waals surface area contributed by atoms with Crippen molar-refractivity contribution in [1.82, 2.24) is 15.0 Å². The third kappa shape index (κ3) is 5.73. The van der Waals surface area contributed by atoms with E-state index in [2.05, 4.69) is 10.1 Å². The molecule has 0 atom stereocenters. The summed E-state index contributed by atoms with van der Waals surface area (Å²) in [6.45, 7) is 0.878. The zero-order chi connectivity index (χ0) is 21.3. The number of ether oxygens (including phenoxy) is 3. The van der Waals surface area contributed by atoms with Gasteiger partial charge in [0.25, 0.3) is 0 Å². The molecule has 158 valence electrons. The SMILES string of the molecule is COc1ccc(OCCN(C)C(=O)CCc2nc(-c3ccc(OC)cc3)no2)cc1. The predicted molar refractivity (Wildman–Crippen MR) is 111 cm³/mol. The molecule has 1 amide bonds. The van der Waals surface area contributed by atoms with E-state index in [0.717, 1.165) is 22.8 Å². The lowest BCUT2D eigenvalue weighted by atomic mass is 10.2. The number of methoxy groups -OCH3 is 2. The summed E-state index contributed by atoms with van der Waals surface area (Å²) < 4.78 is 21.2. The van der Waals surface area contributed by atoms with E-state index in [-0.39, 0.29) is 12.3 Å². The van der Waals surface area contributed by atoms with Crippen molar-refractivity contribution >= 4 is 5.91 Å². The number of nitrogens with zero attached hydrogens (tertiary/aromatic N) is 3. The highest BCUT2D eigenvalue weighted by molar-refractivity contribution is 5.76. The van der Waals surface area contributed by atoms with E-state index >= 15 is 0 Å². The van der Waals surface area contributed by atoms with Crippen LogP contribution in [0.1, 0.15) is 12.3 Å². The molecular weight excluding hydrogens is 386 g/mol. The summed E-state index contributed by atoms with van der Waals surface area (Å²) >= 11 is 0. The molecule has 8 nitrogen and oxygen atoms in total. The van der Waals surface area contributed by atoms with Gasteiger partial charge in [-0.15, -0.1) is 0 Å². The molecule has 3 rings (SSSR count). The molecule has 0 unspecified atom stereocenters. The van der Waals surface area contributed by atoms with Gasteiger partial charge in [0.15, 0.2) is 0 Å². The van der Waals surface area contributed by atoms with Gasteiger partial charge in [0.05, 0.1) is 20.8 Å². The van der Waals surface area contributed by atoms with Crippen LogP contribution in [0.15, 0.2) is 53.1 Å². The fraction of sp³-hybridized carbons (Fsp3) is 0.318. The quantitative estimate of drug-likeness (QED) is 0.506. The summed E-state index contributed by atoms with van der Waals surface area (Å²) in [5, 5.41) is 3.98. The average Bonchev–Trinajstić information content (AvgIpc) is 3.27. The molecule has 0 aliphatic heterocycles. The number of benzene rings is 2. The van der Waals surface area contributed by atoms with Crippen LogP contribution < -0.4 is 14.2 Å². The summed E-state index contributed by atoms with van der Waals surface area (Å²) in [7, 11) is 4.97. The van der Waals surface area contributed by atoms with Crippen molar-refractivity contribution in [3.63, 3.8) is 0 Å². The molecule has 3 aromatic rings. The van der Waals surface area contributed by atoms with Crippen LogP contribution in [0.5, 0.6) is 17.2 Å². The van der Waals surface area contributed by atoms with Crippen molar-refractivity contribution in [1.29, 1.82) is 0 Å². The van der Waals surface area contributed by atoms with E-state index in [4.69, 9.17) is 18.7 Å². The summed E-state index contributed by atoms with van der Waals surface area (Å²) in [5.74, 6) is 3.15. The van der Waals surface area contributed by atoms with Crippen LogP contribution in [-0.4, -0.2) is 55.4 Å². The molecule has 0 saturated carbocycles. The van der Waals surface area contributed by atoms with Gasteiger partial charge in [-0.1, -0.05) is 5.16 Å². The normalized spacial score (nSPS) is 10.5. The number of rotatable bonds is 10. The molecule has 0 saturated heterocycles. The summed E-state index contributed by atoms with van der Waals surface area (Å²) in [4.78, 5) is 18.3. The van der Waals surface area contributed by atoms with Crippen molar-refractivity contribution in [2.45, 2.75) is 12.8 Å². The first kappa shape index (κ1) is 21.2. The number of likely N-dealkylation sites (N-methyl/N-ethyl adjacent to an activating group) is 1. The van der Waals surface area contributed by atoms with E-state index < -0.39 is 0 Å². The molecule has 1 aromatic heterocycles. The maximum atomic E-state index is 12.3. The van der Waals surface area contributed by atoms with Crippen molar-refractivity contribution in [2.24, 2.45) is 0 Å². The third-order valence-corrected chi connectivity index (χ3v) is 4.55. The number of hydrogen-bond acceptors (Lipinski definition) is 7. The largest absolute Gasteiger partial charge is 0.497 e. The molecule has 0 aliphatic rings. The van der Waals surface area contributed by atoms with Gasteiger partial charge < -0.3 is 23.6 Å². The summed E-state index contributed by atoms with van der Waals surface area (Å²) in [5.41, 5.74) is 0.824. The highest BCUT2D eigenvalue weighted by Crippen LogP contribution is 2.20. The monoisotopic (exact) mass is 411 g/mol. The highest BCUT2D eigenvalue weighted by Gasteiger charge is 2.13. The van der Waals surface area contributed by atoms with Gasteiger partial charge in [-0.25, -0.2) is 0 Å². The topological polar surface area (TPSA) is 86.9 Å². The Balaban J connectivity index is 1.42. The maximum absolute atomic E-state index is 12.3. The van der Waals surface area contributed by atoms with Crippen molar-refractivity contribution in [2.75, 3.05) is 34.4 Å². The zero-order valence-electron chi connectivity index (χ0n) is 17.3. The van der Waals surface area contributed by atoms with Gasteiger partial charge in [0.1, 0.15) is 23.9 Å². The maximum Gasteiger partial charge on any atom is 0.227 e. The molecule has 0 bridgehead atoms. The van der Waals surface area contributed by atoms with Crippen LogP contribution in [0.4, 0.5) is 0 Å². The summed E-state index contributed by atoms with van der Waals surface area (Å²) in [6.07, 6.45) is 0.662. The van der Waals surface area contributed by atoms with Gasteiger partial charge >= 0.3 is 0 Å². The Morgan fingerprint density at radius 2 is 1.57 bits per heavy atom. The van der Waals surface area contributed by atoms with E-state index in [1.165, 1.54) is 0 Å². The molecule has 0 N–H and O–H groups in total. The summed E-state index contributed by atoms with van der Waals surface area (Å²) in [6, 6.07) is 14.7.